The van der Waals surface area contributed by atoms with Gasteiger partial charge in [0.05, 0.1) is 19.3 Å². The Morgan fingerprint density at radius 3 is 2.48 bits per heavy atom. The maximum atomic E-state index is 12.2. The van der Waals surface area contributed by atoms with Crippen LogP contribution >= 0.6 is 0 Å². The standard InChI is InChI=1S/C21H25NO5/c1-5-10-26-18-9-7-16(12-19(18)25-4)21(24)27-13-20(23)22-17-8-6-14(2)11-15(17)3/h6-9,11-12H,5,10,13H2,1-4H3,(H,22,23). The number of nitrogens with one attached hydrogen (secondary N) is 1. The summed E-state index contributed by atoms with van der Waals surface area (Å²) in [6.07, 6.45) is 0.864. The SMILES string of the molecule is CCCOc1ccc(C(=O)OCC(=O)Nc2ccc(C)cc2C)cc1OC. The van der Waals surface area contributed by atoms with Crippen LogP contribution in [-0.4, -0.2) is 32.2 Å². The Bertz CT molecular complexity index is 816. The summed E-state index contributed by atoms with van der Waals surface area (Å²) in [5.74, 6) is -0.00240. The molecular weight excluding hydrogens is 346 g/mol. The monoisotopic (exact) mass is 371 g/mol. The minimum Gasteiger partial charge on any atom is -0.493 e. The van der Waals surface area contributed by atoms with Crippen molar-refractivity contribution in [3.63, 3.8) is 0 Å². The van der Waals surface area contributed by atoms with Crippen molar-refractivity contribution in [3.8, 4) is 11.5 Å². The van der Waals surface area contributed by atoms with Crippen molar-refractivity contribution in [2.45, 2.75) is 27.2 Å². The number of amides is 1. The number of ether oxygens (including phenoxy) is 3. The first-order valence-electron chi connectivity index (χ1n) is 8.79. The highest BCUT2D eigenvalue weighted by molar-refractivity contribution is 5.96. The molecule has 0 spiro atoms. The first-order chi connectivity index (χ1) is 12.9. The predicted octanol–water partition coefficient (Wildman–Crippen LogP) is 3.90. The molecule has 0 aliphatic heterocycles. The summed E-state index contributed by atoms with van der Waals surface area (Å²) >= 11 is 0. The normalized spacial score (nSPS) is 10.2. The van der Waals surface area contributed by atoms with Crippen molar-refractivity contribution in [2.75, 3.05) is 25.6 Å². The molecule has 1 amide bonds. The van der Waals surface area contributed by atoms with Gasteiger partial charge in [-0.05, 0) is 50.1 Å². The molecule has 2 rings (SSSR count). The van der Waals surface area contributed by atoms with Gasteiger partial charge in [-0.2, -0.15) is 0 Å². The Morgan fingerprint density at radius 1 is 1.04 bits per heavy atom. The average Bonchev–Trinajstić information content (AvgIpc) is 2.66. The minimum atomic E-state index is -0.605. The third kappa shape index (κ3) is 5.74. The van der Waals surface area contributed by atoms with Crippen LogP contribution in [-0.2, 0) is 9.53 Å². The summed E-state index contributed by atoms with van der Waals surface area (Å²) in [7, 11) is 1.50. The number of benzene rings is 2. The number of methoxy groups -OCH3 is 1. The topological polar surface area (TPSA) is 73.9 Å². The molecule has 0 unspecified atom stereocenters. The lowest BCUT2D eigenvalue weighted by Crippen LogP contribution is -2.21. The molecule has 1 N–H and O–H groups in total. The molecule has 0 aliphatic carbocycles. The van der Waals surface area contributed by atoms with Crippen molar-refractivity contribution in [2.24, 2.45) is 0 Å². The summed E-state index contributed by atoms with van der Waals surface area (Å²) in [5.41, 5.74) is 3.04. The highest BCUT2D eigenvalue weighted by atomic mass is 16.5. The molecule has 0 bridgehead atoms. The van der Waals surface area contributed by atoms with E-state index in [2.05, 4.69) is 5.32 Å². The van der Waals surface area contributed by atoms with Crippen LogP contribution in [0, 0.1) is 13.8 Å². The van der Waals surface area contributed by atoms with Gasteiger partial charge in [0.1, 0.15) is 0 Å². The van der Waals surface area contributed by atoms with Crippen molar-refractivity contribution in [3.05, 3.63) is 53.1 Å². The fraction of sp³-hybridized carbons (Fsp3) is 0.333. The second kappa shape index (κ2) is 9.62. The molecule has 6 nitrogen and oxygen atoms in total. The smallest absolute Gasteiger partial charge is 0.338 e. The quantitative estimate of drug-likeness (QED) is 0.713. The van der Waals surface area contributed by atoms with Gasteiger partial charge in [-0.15, -0.1) is 0 Å². The molecule has 0 atom stereocenters. The van der Waals surface area contributed by atoms with Crippen LogP contribution in [0.2, 0.25) is 0 Å². The Hall–Kier alpha value is -3.02. The fourth-order valence-electron chi connectivity index (χ4n) is 2.48. The van der Waals surface area contributed by atoms with Crippen LogP contribution in [0.4, 0.5) is 5.69 Å². The highest BCUT2D eigenvalue weighted by Crippen LogP contribution is 2.28. The lowest BCUT2D eigenvalue weighted by atomic mass is 10.1. The molecule has 0 aliphatic rings. The Labute approximate surface area is 159 Å². The van der Waals surface area contributed by atoms with Crippen molar-refractivity contribution >= 4 is 17.6 Å². The van der Waals surface area contributed by atoms with E-state index < -0.39 is 11.9 Å². The van der Waals surface area contributed by atoms with E-state index in [-0.39, 0.29) is 12.2 Å². The van der Waals surface area contributed by atoms with Gasteiger partial charge in [0, 0.05) is 5.69 Å². The summed E-state index contributed by atoms with van der Waals surface area (Å²) < 4.78 is 15.9. The number of esters is 1. The lowest BCUT2D eigenvalue weighted by Gasteiger charge is -2.12. The third-order valence-corrected chi connectivity index (χ3v) is 3.85. The molecule has 0 saturated carbocycles. The van der Waals surface area contributed by atoms with Crippen LogP contribution in [0.1, 0.15) is 34.8 Å². The number of hydrogen-bond acceptors (Lipinski definition) is 5. The van der Waals surface area contributed by atoms with Gasteiger partial charge in [0.15, 0.2) is 18.1 Å². The van der Waals surface area contributed by atoms with Crippen LogP contribution in [0.3, 0.4) is 0 Å². The molecule has 2 aromatic carbocycles. The van der Waals surface area contributed by atoms with E-state index in [1.54, 1.807) is 12.1 Å². The predicted molar refractivity (Wildman–Crippen MR) is 104 cm³/mol. The zero-order chi connectivity index (χ0) is 19.8. The lowest BCUT2D eigenvalue weighted by molar-refractivity contribution is -0.119. The van der Waals surface area contributed by atoms with Gasteiger partial charge >= 0.3 is 5.97 Å². The Balaban J connectivity index is 1.95. The maximum absolute atomic E-state index is 12.2. The Kier molecular flexibility index (Phi) is 7.23. The van der Waals surface area contributed by atoms with Crippen LogP contribution < -0.4 is 14.8 Å². The van der Waals surface area contributed by atoms with Crippen LogP contribution in [0.25, 0.3) is 0 Å². The van der Waals surface area contributed by atoms with E-state index in [0.29, 0.717) is 23.8 Å². The number of carbonyl (C=O) groups is 2. The molecule has 27 heavy (non-hydrogen) atoms. The van der Waals surface area contributed by atoms with Crippen molar-refractivity contribution in [1.29, 1.82) is 0 Å². The number of carbonyl (C=O) groups excluding carboxylic acids is 2. The average molecular weight is 371 g/mol. The van der Waals surface area contributed by atoms with E-state index in [1.807, 2.05) is 39.0 Å². The van der Waals surface area contributed by atoms with E-state index in [0.717, 1.165) is 17.5 Å². The largest absolute Gasteiger partial charge is 0.493 e. The van der Waals surface area contributed by atoms with Crippen LogP contribution in [0.5, 0.6) is 11.5 Å². The summed E-state index contributed by atoms with van der Waals surface area (Å²) in [5, 5.41) is 2.74. The molecular formula is C21H25NO5. The van der Waals surface area contributed by atoms with Gasteiger partial charge < -0.3 is 19.5 Å². The number of anilines is 1. The van der Waals surface area contributed by atoms with Gasteiger partial charge in [-0.25, -0.2) is 4.79 Å². The zero-order valence-electron chi connectivity index (χ0n) is 16.1. The molecule has 0 aromatic heterocycles. The third-order valence-electron chi connectivity index (χ3n) is 3.85. The maximum Gasteiger partial charge on any atom is 0.338 e. The zero-order valence-corrected chi connectivity index (χ0v) is 16.1. The van der Waals surface area contributed by atoms with Crippen LogP contribution in [0.15, 0.2) is 36.4 Å². The second-order valence-electron chi connectivity index (χ2n) is 6.16. The summed E-state index contributed by atoms with van der Waals surface area (Å²) in [6.45, 7) is 6.07. The molecule has 0 radical (unpaired) electrons. The first-order valence-corrected chi connectivity index (χ1v) is 8.79. The molecule has 2 aromatic rings. The second-order valence-corrected chi connectivity index (χ2v) is 6.16. The molecule has 144 valence electrons. The van der Waals surface area contributed by atoms with Crippen molar-refractivity contribution in [1.82, 2.24) is 0 Å². The number of hydrogen-bond donors (Lipinski definition) is 1. The van der Waals surface area contributed by atoms with Gasteiger partial charge in [-0.3, -0.25) is 4.79 Å². The first kappa shape index (κ1) is 20.3. The fourth-order valence-corrected chi connectivity index (χ4v) is 2.48. The van der Waals surface area contributed by atoms with E-state index in [9.17, 15) is 9.59 Å². The highest BCUT2D eigenvalue weighted by Gasteiger charge is 2.14. The van der Waals surface area contributed by atoms with E-state index in [1.165, 1.54) is 13.2 Å². The van der Waals surface area contributed by atoms with Gasteiger partial charge in [0.2, 0.25) is 0 Å². The van der Waals surface area contributed by atoms with E-state index >= 15 is 0 Å². The molecule has 0 saturated heterocycles. The van der Waals surface area contributed by atoms with Gasteiger partial charge in [-0.1, -0.05) is 24.6 Å². The number of aryl methyl sites for hydroxylation is 2. The summed E-state index contributed by atoms with van der Waals surface area (Å²) in [6, 6.07) is 10.5. The molecule has 0 fully saturated rings. The number of rotatable bonds is 8. The van der Waals surface area contributed by atoms with E-state index in [4.69, 9.17) is 14.2 Å². The van der Waals surface area contributed by atoms with Gasteiger partial charge in [0.25, 0.3) is 5.91 Å². The summed E-state index contributed by atoms with van der Waals surface area (Å²) in [4.78, 5) is 24.3. The Morgan fingerprint density at radius 2 is 1.81 bits per heavy atom. The van der Waals surface area contributed by atoms with Crippen molar-refractivity contribution < 1.29 is 23.8 Å². The molecule has 6 heteroatoms. The minimum absolute atomic E-state index is 0.287. The molecule has 0 heterocycles.